The Balaban J connectivity index is 2.77. The van der Waals surface area contributed by atoms with Gasteiger partial charge in [-0.1, -0.05) is 23.2 Å². The molecule has 0 heterocycles. The summed E-state index contributed by atoms with van der Waals surface area (Å²) in [6.45, 7) is 9.15. The Kier molecular flexibility index (Phi) is 4.29. The maximum absolute atomic E-state index is 9.98. The molecule has 1 rings (SSSR count). The van der Waals surface area contributed by atoms with E-state index in [1.165, 1.54) is 0 Å². The molecule has 1 aromatic rings. The van der Waals surface area contributed by atoms with E-state index < -0.39 is 11.2 Å². The number of halogens is 1. The fourth-order valence-electron chi connectivity index (χ4n) is 1.09. The topological polar surface area (TPSA) is 29.5 Å². The van der Waals surface area contributed by atoms with Gasteiger partial charge in [-0.15, -0.1) is 0 Å². The van der Waals surface area contributed by atoms with Gasteiger partial charge in [-0.05, 0) is 52.2 Å². The zero-order valence-electron chi connectivity index (χ0n) is 11.0. The molecule has 0 fully saturated rings. The monoisotopic (exact) mass is 253 g/mol. The highest BCUT2D eigenvalue weighted by molar-refractivity contribution is 6.48. The van der Waals surface area contributed by atoms with Crippen molar-refractivity contribution in [1.29, 1.82) is 0 Å². The molecular formula is C13H19BClO2. The van der Waals surface area contributed by atoms with Crippen molar-refractivity contribution in [2.24, 2.45) is 0 Å². The summed E-state index contributed by atoms with van der Waals surface area (Å²) < 4.78 is 5.68. The smallest absolute Gasteiger partial charge is 0.331 e. The third kappa shape index (κ3) is 3.73. The molecule has 0 aliphatic heterocycles. The minimum atomic E-state index is -0.921. The summed E-state index contributed by atoms with van der Waals surface area (Å²) in [5, 5.41) is 10.6. The number of aliphatic hydroxyl groups is 1. The molecule has 2 nitrogen and oxygen atoms in total. The fraction of sp³-hybridized carbons (Fsp3) is 0.538. The first-order valence-corrected chi connectivity index (χ1v) is 6.01. The van der Waals surface area contributed by atoms with E-state index in [1.54, 1.807) is 21.3 Å². The highest BCUT2D eigenvalue weighted by Gasteiger charge is 2.35. The van der Waals surface area contributed by atoms with Crippen LogP contribution in [0.25, 0.3) is 0 Å². The predicted molar refractivity (Wildman–Crippen MR) is 73.0 cm³/mol. The lowest BCUT2D eigenvalue weighted by molar-refractivity contribution is -0.0893. The van der Waals surface area contributed by atoms with Gasteiger partial charge >= 0.3 is 7.48 Å². The molecule has 0 saturated heterocycles. The standard InChI is InChI=1S/C13H19BClO2/c1-9-6-7-10(15)8-11(9)14-17-13(4,5)12(2,3)16/h6-8,16H,1-5H3. The van der Waals surface area contributed by atoms with Crippen molar-refractivity contribution in [3.8, 4) is 0 Å². The van der Waals surface area contributed by atoms with E-state index in [0.717, 1.165) is 11.0 Å². The quantitative estimate of drug-likeness (QED) is 0.835. The zero-order valence-corrected chi connectivity index (χ0v) is 11.8. The second-order valence-corrected chi connectivity index (χ2v) is 5.74. The van der Waals surface area contributed by atoms with Crippen molar-refractivity contribution in [3.63, 3.8) is 0 Å². The third-order valence-electron chi connectivity index (χ3n) is 3.20. The molecule has 4 heteroatoms. The highest BCUT2D eigenvalue weighted by Crippen LogP contribution is 2.24. The summed E-state index contributed by atoms with van der Waals surface area (Å²) in [7, 11) is 1.65. The van der Waals surface area contributed by atoms with E-state index in [0.29, 0.717) is 5.02 Å². The fourth-order valence-corrected chi connectivity index (χ4v) is 1.27. The van der Waals surface area contributed by atoms with Gasteiger partial charge in [0.05, 0.1) is 11.2 Å². The van der Waals surface area contributed by atoms with Crippen molar-refractivity contribution < 1.29 is 9.76 Å². The van der Waals surface area contributed by atoms with E-state index in [2.05, 4.69) is 0 Å². The molecule has 0 unspecified atom stereocenters. The summed E-state index contributed by atoms with van der Waals surface area (Å²) in [4.78, 5) is 0. The zero-order chi connectivity index (χ0) is 13.3. The normalized spacial score (nSPS) is 12.6. The number of rotatable bonds is 4. The molecular weight excluding hydrogens is 234 g/mol. The van der Waals surface area contributed by atoms with Crippen LogP contribution in [0.2, 0.25) is 5.02 Å². The molecule has 93 valence electrons. The van der Waals surface area contributed by atoms with E-state index in [4.69, 9.17) is 16.3 Å². The van der Waals surface area contributed by atoms with E-state index in [1.807, 2.05) is 39.0 Å². The molecule has 0 atom stereocenters. The first kappa shape index (κ1) is 14.6. The van der Waals surface area contributed by atoms with Crippen molar-refractivity contribution in [2.75, 3.05) is 0 Å². The Morgan fingerprint density at radius 2 is 1.82 bits per heavy atom. The maximum atomic E-state index is 9.98. The van der Waals surface area contributed by atoms with Gasteiger partial charge in [-0.3, -0.25) is 0 Å². The average molecular weight is 254 g/mol. The van der Waals surface area contributed by atoms with E-state index in [9.17, 15) is 5.11 Å². The van der Waals surface area contributed by atoms with Crippen molar-refractivity contribution in [3.05, 3.63) is 28.8 Å². The van der Waals surface area contributed by atoms with Crippen LogP contribution in [0.5, 0.6) is 0 Å². The number of aryl methyl sites for hydroxylation is 1. The highest BCUT2D eigenvalue weighted by atomic mass is 35.5. The molecule has 1 N–H and O–H groups in total. The Bertz CT molecular complexity index is 397. The van der Waals surface area contributed by atoms with Crippen molar-refractivity contribution >= 4 is 24.5 Å². The van der Waals surface area contributed by atoms with Crippen LogP contribution in [0.1, 0.15) is 33.3 Å². The maximum Gasteiger partial charge on any atom is 0.331 e. The molecule has 0 saturated carbocycles. The molecule has 0 spiro atoms. The van der Waals surface area contributed by atoms with Gasteiger partial charge in [0.1, 0.15) is 0 Å². The van der Waals surface area contributed by atoms with Crippen LogP contribution < -0.4 is 5.46 Å². The van der Waals surface area contributed by atoms with E-state index >= 15 is 0 Å². The van der Waals surface area contributed by atoms with Gasteiger partial charge < -0.3 is 9.76 Å². The third-order valence-corrected chi connectivity index (χ3v) is 3.43. The SMILES string of the molecule is Cc1ccc(Cl)cc1[B]OC(C)(C)C(C)(C)O. The first-order chi connectivity index (χ1) is 7.63. The molecule has 17 heavy (non-hydrogen) atoms. The van der Waals surface area contributed by atoms with Crippen LogP contribution in [-0.4, -0.2) is 23.8 Å². The van der Waals surface area contributed by atoms with Crippen LogP contribution in [0.4, 0.5) is 0 Å². The number of hydrogen-bond acceptors (Lipinski definition) is 2. The van der Waals surface area contributed by atoms with Crippen LogP contribution >= 0.6 is 11.6 Å². The second kappa shape index (κ2) is 5.01. The minimum Gasteiger partial charge on any atom is -0.427 e. The first-order valence-electron chi connectivity index (χ1n) is 5.63. The van der Waals surface area contributed by atoms with Crippen LogP contribution in [0, 0.1) is 6.92 Å². The molecule has 1 radical (unpaired) electrons. The summed E-state index contributed by atoms with van der Waals surface area (Å²) in [5.41, 5.74) is 0.424. The van der Waals surface area contributed by atoms with E-state index in [-0.39, 0.29) is 0 Å². The van der Waals surface area contributed by atoms with Gasteiger partial charge in [0.25, 0.3) is 0 Å². The summed E-state index contributed by atoms with van der Waals surface area (Å²) in [6, 6.07) is 5.63. The minimum absolute atomic E-state index is 0.665. The molecule has 1 aromatic carbocycles. The molecule has 0 aromatic heterocycles. The van der Waals surface area contributed by atoms with Gasteiger partial charge in [-0.2, -0.15) is 0 Å². The van der Waals surface area contributed by atoms with Crippen LogP contribution in [0.3, 0.4) is 0 Å². The Morgan fingerprint density at radius 1 is 1.24 bits per heavy atom. The van der Waals surface area contributed by atoms with Gasteiger partial charge in [0.2, 0.25) is 0 Å². The summed E-state index contributed by atoms with van der Waals surface area (Å²) in [5.74, 6) is 0. The predicted octanol–water partition coefficient (Wildman–Crippen LogP) is 2.46. The van der Waals surface area contributed by atoms with Crippen molar-refractivity contribution in [2.45, 2.75) is 45.8 Å². The number of hydrogen-bond donors (Lipinski definition) is 1. The van der Waals surface area contributed by atoms with Crippen LogP contribution in [-0.2, 0) is 4.65 Å². The van der Waals surface area contributed by atoms with Gasteiger partial charge in [0, 0.05) is 5.02 Å². The van der Waals surface area contributed by atoms with Crippen LogP contribution in [0.15, 0.2) is 18.2 Å². The Morgan fingerprint density at radius 3 is 2.35 bits per heavy atom. The van der Waals surface area contributed by atoms with Gasteiger partial charge in [0.15, 0.2) is 0 Å². The molecule has 0 aliphatic rings. The largest absolute Gasteiger partial charge is 0.427 e. The lowest BCUT2D eigenvalue weighted by atomic mass is 9.80. The summed E-state index contributed by atoms with van der Waals surface area (Å²) >= 11 is 5.93. The summed E-state index contributed by atoms with van der Waals surface area (Å²) in [6.07, 6.45) is 0. The number of benzene rings is 1. The Hall–Kier alpha value is -0.505. The van der Waals surface area contributed by atoms with Crippen molar-refractivity contribution in [1.82, 2.24) is 0 Å². The molecule has 0 bridgehead atoms. The lowest BCUT2D eigenvalue weighted by Crippen LogP contribution is -2.49. The molecule has 0 aliphatic carbocycles. The second-order valence-electron chi connectivity index (χ2n) is 5.31. The average Bonchev–Trinajstić information content (AvgIpc) is 2.18. The Labute approximate surface area is 109 Å². The van der Waals surface area contributed by atoms with Gasteiger partial charge in [-0.25, -0.2) is 0 Å². The lowest BCUT2D eigenvalue weighted by Gasteiger charge is -2.37. The molecule has 0 amide bonds.